The molecule has 1 unspecified atom stereocenters. The van der Waals surface area contributed by atoms with Crippen LogP contribution >= 0.6 is 11.6 Å². The van der Waals surface area contributed by atoms with E-state index in [4.69, 9.17) is 22.1 Å². The molecule has 0 spiro atoms. The molecule has 6 heteroatoms. The number of carbonyl (C=O) groups excluding carboxylic acids is 1. The third kappa shape index (κ3) is 3.80. The van der Waals surface area contributed by atoms with Crippen LogP contribution in [0.25, 0.3) is 0 Å². The van der Waals surface area contributed by atoms with Crippen molar-refractivity contribution in [3.05, 3.63) is 28.8 Å². The second-order valence-electron chi connectivity index (χ2n) is 5.17. The van der Waals surface area contributed by atoms with E-state index in [9.17, 15) is 4.79 Å². The van der Waals surface area contributed by atoms with Gasteiger partial charge in [-0.15, -0.1) is 0 Å². The average molecular weight is 312 g/mol. The minimum absolute atomic E-state index is 0.0767. The number of amides is 1. The van der Waals surface area contributed by atoms with E-state index in [0.29, 0.717) is 24.7 Å². The zero-order valence-corrected chi connectivity index (χ0v) is 13.3. The number of nitrogens with two attached hydrogens (primary N) is 1. The molecule has 1 aliphatic heterocycles. The molecule has 1 fully saturated rings. The zero-order valence-electron chi connectivity index (χ0n) is 12.5. The number of ether oxygens (including phenoxy) is 1. The van der Waals surface area contributed by atoms with Crippen molar-refractivity contribution in [2.24, 2.45) is 5.73 Å². The highest BCUT2D eigenvalue weighted by Crippen LogP contribution is 2.27. The van der Waals surface area contributed by atoms with Crippen LogP contribution in [-0.4, -0.2) is 43.8 Å². The number of nitrogens with zero attached hydrogens (tertiary/aromatic N) is 2. The van der Waals surface area contributed by atoms with E-state index in [-0.39, 0.29) is 12.1 Å². The van der Waals surface area contributed by atoms with Gasteiger partial charge in [0.25, 0.3) is 0 Å². The Morgan fingerprint density at radius 3 is 2.57 bits per heavy atom. The van der Waals surface area contributed by atoms with Gasteiger partial charge in [0, 0.05) is 42.9 Å². The standard InChI is InChI=1S/C15H22ClN3O2/c1-3-21-15(20)19-8-6-18(7-9-19)12-4-5-13(11(2)17)14(16)10-12/h4-5,10-11H,3,6-9,17H2,1-2H3. The first-order valence-electron chi connectivity index (χ1n) is 7.24. The number of hydrogen-bond donors (Lipinski definition) is 1. The number of hydrogen-bond acceptors (Lipinski definition) is 4. The number of anilines is 1. The van der Waals surface area contributed by atoms with Gasteiger partial charge in [0.1, 0.15) is 0 Å². The molecule has 0 radical (unpaired) electrons. The van der Waals surface area contributed by atoms with Gasteiger partial charge < -0.3 is 20.3 Å². The first-order chi connectivity index (χ1) is 10.0. The quantitative estimate of drug-likeness (QED) is 0.932. The van der Waals surface area contributed by atoms with E-state index in [1.165, 1.54) is 0 Å². The van der Waals surface area contributed by atoms with Gasteiger partial charge in [0.05, 0.1) is 6.61 Å². The molecular weight excluding hydrogens is 290 g/mol. The van der Waals surface area contributed by atoms with Gasteiger partial charge >= 0.3 is 6.09 Å². The van der Waals surface area contributed by atoms with E-state index in [1.54, 1.807) is 4.90 Å². The van der Waals surface area contributed by atoms with E-state index in [2.05, 4.69) is 4.90 Å². The van der Waals surface area contributed by atoms with E-state index < -0.39 is 0 Å². The Bertz CT molecular complexity index is 500. The summed E-state index contributed by atoms with van der Waals surface area (Å²) in [6.45, 7) is 7.00. The van der Waals surface area contributed by atoms with Crippen molar-refractivity contribution in [2.45, 2.75) is 19.9 Å². The summed E-state index contributed by atoms with van der Waals surface area (Å²) in [4.78, 5) is 15.6. The Morgan fingerprint density at radius 2 is 2.05 bits per heavy atom. The van der Waals surface area contributed by atoms with Crippen LogP contribution in [0.5, 0.6) is 0 Å². The molecule has 2 N–H and O–H groups in total. The summed E-state index contributed by atoms with van der Waals surface area (Å²) in [5.74, 6) is 0. The third-order valence-corrected chi connectivity index (χ3v) is 3.97. The van der Waals surface area contributed by atoms with Crippen molar-refractivity contribution >= 4 is 23.4 Å². The summed E-state index contributed by atoms with van der Waals surface area (Å²) in [6, 6.07) is 5.87. The summed E-state index contributed by atoms with van der Waals surface area (Å²) >= 11 is 6.27. The molecule has 0 bridgehead atoms. The predicted molar refractivity (Wildman–Crippen MR) is 84.9 cm³/mol. The Kier molecular flexibility index (Phi) is 5.31. The van der Waals surface area contributed by atoms with Crippen LogP contribution in [0.3, 0.4) is 0 Å². The molecular formula is C15H22ClN3O2. The molecule has 116 valence electrons. The normalized spacial score (nSPS) is 16.8. The lowest BCUT2D eigenvalue weighted by molar-refractivity contribution is 0.105. The van der Waals surface area contributed by atoms with Gasteiger partial charge in [-0.05, 0) is 31.5 Å². The Hall–Kier alpha value is -1.46. The fourth-order valence-corrected chi connectivity index (χ4v) is 2.79. The molecule has 0 aliphatic carbocycles. The van der Waals surface area contributed by atoms with Crippen molar-refractivity contribution in [1.82, 2.24) is 4.90 Å². The van der Waals surface area contributed by atoms with E-state index >= 15 is 0 Å². The molecule has 21 heavy (non-hydrogen) atoms. The Balaban J connectivity index is 1.99. The average Bonchev–Trinajstić information content (AvgIpc) is 2.47. The Labute approximate surface area is 130 Å². The number of benzene rings is 1. The lowest BCUT2D eigenvalue weighted by atomic mass is 10.1. The summed E-state index contributed by atoms with van der Waals surface area (Å²) < 4.78 is 5.02. The van der Waals surface area contributed by atoms with Crippen LogP contribution in [0.1, 0.15) is 25.5 Å². The summed E-state index contributed by atoms with van der Waals surface area (Å²) in [5, 5.41) is 0.690. The highest BCUT2D eigenvalue weighted by Gasteiger charge is 2.22. The number of carbonyl (C=O) groups is 1. The van der Waals surface area contributed by atoms with Crippen molar-refractivity contribution < 1.29 is 9.53 Å². The SMILES string of the molecule is CCOC(=O)N1CCN(c2ccc(C(C)N)c(Cl)c2)CC1. The lowest BCUT2D eigenvalue weighted by Crippen LogP contribution is -2.49. The molecule has 1 aliphatic rings. The van der Waals surface area contributed by atoms with Crippen molar-refractivity contribution in [3.63, 3.8) is 0 Å². The topological polar surface area (TPSA) is 58.8 Å². The van der Waals surface area contributed by atoms with Crippen LogP contribution < -0.4 is 10.6 Å². The van der Waals surface area contributed by atoms with E-state index in [0.717, 1.165) is 24.3 Å². The van der Waals surface area contributed by atoms with Gasteiger partial charge in [-0.2, -0.15) is 0 Å². The third-order valence-electron chi connectivity index (χ3n) is 3.65. The van der Waals surface area contributed by atoms with Crippen LogP contribution in [0.4, 0.5) is 10.5 Å². The maximum Gasteiger partial charge on any atom is 0.409 e. The molecule has 0 saturated carbocycles. The van der Waals surface area contributed by atoms with Gasteiger partial charge in [0.2, 0.25) is 0 Å². The summed E-state index contributed by atoms with van der Waals surface area (Å²) in [6.07, 6.45) is -0.234. The first-order valence-corrected chi connectivity index (χ1v) is 7.62. The molecule has 1 aromatic rings. The fourth-order valence-electron chi connectivity index (χ4n) is 2.44. The largest absolute Gasteiger partial charge is 0.450 e. The van der Waals surface area contributed by atoms with Crippen LogP contribution in [0.15, 0.2) is 18.2 Å². The number of piperazine rings is 1. The highest BCUT2D eigenvalue weighted by atomic mass is 35.5. The predicted octanol–water partition coefficient (Wildman–Crippen LogP) is 2.64. The second-order valence-corrected chi connectivity index (χ2v) is 5.57. The summed E-state index contributed by atoms with van der Waals surface area (Å²) in [5.41, 5.74) is 7.88. The number of rotatable bonds is 3. The smallest absolute Gasteiger partial charge is 0.409 e. The molecule has 1 atom stereocenters. The minimum atomic E-state index is -0.234. The molecule has 5 nitrogen and oxygen atoms in total. The van der Waals surface area contributed by atoms with Gasteiger partial charge in [-0.1, -0.05) is 17.7 Å². The van der Waals surface area contributed by atoms with Crippen molar-refractivity contribution in [1.29, 1.82) is 0 Å². The molecule has 2 rings (SSSR count). The van der Waals surface area contributed by atoms with Gasteiger partial charge in [-0.3, -0.25) is 0 Å². The maximum absolute atomic E-state index is 11.7. The summed E-state index contributed by atoms with van der Waals surface area (Å²) in [7, 11) is 0. The van der Waals surface area contributed by atoms with Crippen LogP contribution in [0, 0.1) is 0 Å². The molecule has 1 saturated heterocycles. The van der Waals surface area contributed by atoms with Gasteiger partial charge in [-0.25, -0.2) is 4.79 Å². The minimum Gasteiger partial charge on any atom is -0.450 e. The lowest BCUT2D eigenvalue weighted by Gasteiger charge is -2.35. The van der Waals surface area contributed by atoms with Crippen molar-refractivity contribution in [2.75, 3.05) is 37.7 Å². The van der Waals surface area contributed by atoms with Crippen LogP contribution in [0.2, 0.25) is 5.02 Å². The first kappa shape index (κ1) is 15.9. The fraction of sp³-hybridized carbons (Fsp3) is 0.533. The molecule has 0 aromatic heterocycles. The van der Waals surface area contributed by atoms with Crippen molar-refractivity contribution in [3.8, 4) is 0 Å². The second kappa shape index (κ2) is 7.00. The highest BCUT2D eigenvalue weighted by molar-refractivity contribution is 6.31. The van der Waals surface area contributed by atoms with E-state index in [1.807, 2.05) is 32.0 Å². The Morgan fingerprint density at radius 1 is 1.38 bits per heavy atom. The molecule has 1 aromatic carbocycles. The molecule has 1 heterocycles. The monoisotopic (exact) mass is 311 g/mol. The van der Waals surface area contributed by atoms with Gasteiger partial charge in [0.15, 0.2) is 0 Å². The zero-order chi connectivity index (χ0) is 15.4. The maximum atomic E-state index is 11.7. The number of halogens is 1. The van der Waals surface area contributed by atoms with Crippen LogP contribution in [-0.2, 0) is 4.74 Å². The molecule has 1 amide bonds.